The number of halogens is 1. The molecule has 0 aromatic heterocycles. The van der Waals surface area contributed by atoms with Gasteiger partial charge in [0.15, 0.2) is 5.54 Å². The zero-order valence-electron chi connectivity index (χ0n) is 19.4. The van der Waals surface area contributed by atoms with Crippen molar-refractivity contribution in [2.75, 3.05) is 21.9 Å². The van der Waals surface area contributed by atoms with Crippen LogP contribution in [0.4, 0.5) is 16.2 Å². The number of rotatable bonds is 4. The van der Waals surface area contributed by atoms with E-state index in [1.54, 1.807) is 52.8 Å². The topological polar surface area (TPSA) is 119 Å². The Morgan fingerprint density at radius 2 is 1.67 bits per heavy atom. The van der Waals surface area contributed by atoms with Crippen LogP contribution in [0.3, 0.4) is 0 Å². The Morgan fingerprint density at radius 3 is 2.33 bits per heavy atom. The Balaban J connectivity index is 1.53. The molecule has 3 aromatic carbocycles. The van der Waals surface area contributed by atoms with Gasteiger partial charge in [0.25, 0.3) is 5.91 Å². The Kier molecular flexibility index (Phi) is 6.34. The molecule has 1 saturated heterocycles. The fourth-order valence-electron chi connectivity index (χ4n) is 5.11. The molecule has 0 radical (unpaired) electrons. The first-order valence-electron chi connectivity index (χ1n) is 11.6. The average molecular weight is 527 g/mol. The summed E-state index contributed by atoms with van der Waals surface area (Å²) in [5.41, 5.74) is 7.55. The van der Waals surface area contributed by atoms with Crippen LogP contribution in [-0.4, -0.2) is 38.2 Å². The van der Waals surface area contributed by atoms with Gasteiger partial charge in [0, 0.05) is 23.8 Å². The number of nitrogens with two attached hydrogens (primary N) is 1. The number of amides is 3. The van der Waals surface area contributed by atoms with E-state index in [4.69, 9.17) is 17.3 Å². The summed E-state index contributed by atoms with van der Waals surface area (Å²) in [6.07, 6.45) is 1.65. The van der Waals surface area contributed by atoms with Crippen molar-refractivity contribution in [2.45, 2.75) is 24.9 Å². The smallest absolute Gasteiger partial charge is 0.316 e. The number of benzene rings is 3. The van der Waals surface area contributed by atoms with Crippen LogP contribution in [0, 0.1) is 0 Å². The van der Waals surface area contributed by atoms with Crippen molar-refractivity contribution >= 4 is 45.7 Å². The van der Waals surface area contributed by atoms with E-state index in [2.05, 4.69) is 5.32 Å². The summed E-state index contributed by atoms with van der Waals surface area (Å²) >= 11 is 6.13. The van der Waals surface area contributed by atoms with Crippen LogP contribution in [0.5, 0.6) is 0 Å². The number of urea groups is 1. The van der Waals surface area contributed by atoms with Crippen LogP contribution in [0.25, 0.3) is 0 Å². The van der Waals surface area contributed by atoms with E-state index < -0.39 is 28.3 Å². The first-order chi connectivity index (χ1) is 17.2. The van der Waals surface area contributed by atoms with Gasteiger partial charge in [0.2, 0.25) is 0 Å². The first kappa shape index (κ1) is 24.5. The van der Waals surface area contributed by atoms with Crippen LogP contribution in [0.2, 0.25) is 5.02 Å². The van der Waals surface area contributed by atoms with Crippen molar-refractivity contribution in [3.8, 4) is 0 Å². The Labute approximate surface area is 216 Å². The van der Waals surface area contributed by atoms with Gasteiger partial charge in [-0.1, -0.05) is 48.0 Å². The van der Waals surface area contributed by atoms with Gasteiger partial charge in [0.05, 0.1) is 11.4 Å². The van der Waals surface area contributed by atoms with E-state index in [9.17, 15) is 18.7 Å². The Morgan fingerprint density at radius 1 is 0.972 bits per heavy atom. The standard InChI is InChI=1S/C26H27ClN4O4S/c27-20-9-7-19(8-10-20)26(23-6-2-1-5-18(23)17-30(26)25(28)33)24(32)29-21-11-13-22(14-12-21)31-15-3-4-16-36(31,34)35/h1-2,5-14,34-35H,3-4,15-17H2,(H2,28,33)(H,29,32). The summed E-state index contributed by atoms with van der Waals surface area (Å²) in [6.45, 7) is 0.741. The van der Waals surface area contributed by atoms with Crippen molar-refractivity contribution in [2.24, 2.45) is 5.73 Å². The summed E-state index contributed by atoms with van der Waals surface area (Å²) in [5.74, 6) is -0.0964. The van der Waals surface area contributed by atoms with E-state index in [0.29, 0.717) is 39.8 Å². The third-order valence-corrected chi connectivity index (χ3v) is 8.98. The minimum absolute atomic E-state index is 0.188. The molecule has 1 unspecified atom stereocenters. The van der Waals surface area contributed by atoms with Gasteiger partial charge in [-0.05, 0) is 65.9 Å². The summed E-state index contributed by atoms with van der Waals surface area (Å²) in [5, 5.41) is 3.46. The van der Waals surface area contributed by atoms with E-state index in [-0.39, 0.29) is 6.54 Å². The molecule has 5 rings (SSSR count). The number of fused-ring (bicyclic) bond motifs is 1. The molecule has 3 aromatic rings. The highest BCUT2D eigenvalue weighted by atomic mass is 35.5. The van der Waals surface area contributed by atoms with Gasteiger partial charge in [0.1, 0.15) is 0 Å². The second-order valence-corrected chi connectivity index (χ2v) is 11.5. The second-order valence-electron chi connectivity index (χ2n) is 8.95. The van der Waals surface area contributed by atoms with Gasteiger partial charge in [-0.3, -0.25) is 23.1 Å². The highest BCUT2D eigenvalue weighted by Gasteiger charge is 2.54. The number of hydrogen-bond acceptors (Lipinski definition) is 5. The van der Waals surface area contributed by atoms with Crippen LogP contribution in [-0.2, 0) is 16.9 Å². The minimum Gasteiger partial charge on any atom is -0.351 e. The lowest BCUT2D eigenvalue weighted by Gasteiger charge is -2.47. The van der Waals surface area contributed by atoms with Gasteiger partial charge in [-0.25, -0.2) is 4.79 Å². The maximum atomic E-state index is 14.1. The van der Waals surface area contributed by atoms with Gasteiger partial charge < -0.3 is 11.1 Å². The van der Waals surface area contributed by atoms with E-state index in [1.165, 1.54) is 4.90 Å². The summed E-state index contributed by atoms with van der Waals surface area (Å²) < 4.78 is 22.5. The van der Waals surface area contributed by atoms with Crippen LogP contribution in [0.15, 0.2) is 72.8 Å². The molecule has 1 atom stereocenters. The molecule has 188 valence electrons. The molecular weight excluding hydrogens is 500 g/mol. The van der Waals surface area contributed by atoms with Crippen molar-refractivity contribution in [3.05, 3.63) is 94.5 Å². The van der Waals surface area contributed by atoms with Crippen molar-refractivity contribution in [3.63, 3.8) is 0 Å². The molecule has 2 aliphatic heterocycles. The average Bonchev–Trinajstić information content (AvgIpc) is 3.22. The summed E-state index contributed by atoms with van der Waals surface area (Å²) in [7, 11) is -2.85. The predicted octanol–water partition coefficient (Wildman–Crippen LogP) is 5.38. The summed E-state index contributed by atoms with van der Waals surface area (Å²) in [4.78, 5) is 28.1. The molecule has 0 saturated carbocycles. The highest BCUT2D eigenvalue weighted by molar-refractivity contribution is 8.25. The molecule has 2 aliphatic rings. The third-order valence-electron chi connectivity index (χ3n) is 6.79. The molecule has 8 nitrogen and oxygen atoms in total. The molecule has 0 bridgehead atoms. The quantitative estimate of drug-likeness (QED) is 0.364. The van der Waals surface area contributed by atoms with Crippen LogP contribution >= 0.6 is 22.4 Å². The fourth-order valence-corrected chi connectivity index (χ4v) is 6.92. The predicted molar refractivity (Wildman–Crippen MR) is 143 cm³/mol. The lowest BCUT2D eigenvalue weighted by atomic mass is 9.81. The van der Waals surface area contributed by atoms with Gasteiger partial charge in [-0.15, -0.1) is 10.8 Å². The molecule has 0 spiro atoms. The number of anilines is 2. The Hall–Kier alpha value is -3.24. The number of carbonyl (C=O) groups excluding carboxylic acids is 2. The lowest BCUT2D eigenvalue weighted by molar-refractivity contribution is -0.124. The maximum absolute atomic E-state index is 14.1. The summed E-state index contributed by atoms with van der Waals surface area (Å²) in [6, 6.07) is 20.4. The minimum atomic E-state index is -2.85. The lowest BCUT2D eigenvalue weighted by Crippen LogP contribution is -2.55. The Bertz CT molecular complexity index is 1300. The van der Waals surface area contributed by atoms with Gasteiger partial charge >= 0.3 is 6.03 Å². The normalized spacial score (nSPS) is 21.5. The molecule has 2 heterocycles. The van der Waals surface area contributed by atoms with Crippen molar-refractivity contribution in [1.29, 1.82) is 0 Å². The maximum Gasteiger partial charge on any atom is 0.316 e. The third kappa shape index (κ3) is 4.08. The molecule has 5 N–H and O–H groups in total. The molecule has 36 heavy (non-hydrogen) atoms. The zero-order chi connectivity index (χ0) is 25.5. The zero-order valence-corrected chi connectivity index (χ0v) is 21.0. The highest BCUT2D eigenvalue weighted by Crippen LogP contribution is 2.50. The molecule has 10 heteroatoms. The molecule has 3 amide bonds. The van der Waals surface area contributed by atoms with E-state index in [1.807, 2.05) is 24.3 Å². The van der Waals surface area contributed by atoms with Crippen LogP contribution in [0.1, 0.15) is 29.5 Å². The van der Waals surface area contributed by atoms with E-state index in [0.717, 1.165) is 18.4 Å². The molecule has 0 aliphatic carbocycles. The second kappa shape index (κ2) is 9.33. The first-order valence-corrected chi connectivity index (χ1v) is 13.6. The molecular formula is C26H27ClN4O4S. The van der Waals surface area contributed by atoms with Crippen molar-refractivity contribution in [1.82, 2.24) is 4.90 Å². The number of nitrogens with zero attached hydrogens (tertiary/aromatic N) is 2. The fraction of sp³-hybridized carbons (Fsp3) is 0.231. The molecule has 1 fully saturated rings. The largest absolute Gasteiger partial charge is 0.351 e. The van der Waals surface area contributed by atoms with Gasteiger partial charge in [-0.2, -0.15) is 0 Å². The SMILES string of the molecule is NC(=O)N1Cc2ccccc2C1(C(=O)Nc1ccc(N2CCCCS2(O)O)cc1)c1ccc(Cl)cc1. The number of carbonyl (C=O) groups is 2. The van der Waals surface area contributed by atoms with Crippen LogP contribution < -0.4 is 15.4 Å². The number of nitrogens with one attached hydrogen (secondary N) is 1. The van der Waals surface area contributed by atoms with E-state index >= 15 is 0 Å². The number of hydrogen-bond donors (Lipinski definition) is 4. The number of primary amides is 1. The monoisotopic (exact) mass is 526 g/mol. The van der Waals surface area contributed by atoms with Crippen molar-refractivity contribution < 1.29 is 18.7 Å².